The fourth-order valence-corrected chi connectivity index (χ4v) is 3.65. The maximum absolute atomic E-state index is 5.65. The van der Waals surface area contributed by atoms with Crippen molar-refractivity contribution in [2.75, 3.05) is 5.32 Å². The van der Waals surface area contributed by atoms with Gasteiger partial charge in [-0.25, -0.2) is 4.98 Å². The third-order valence-electron chi connectivity index (χ3n) is 3.66. The van der Waals surface area contributed by atoms with E-state index in [1.165, 1.54) is 15.3 Å². The lowest BCUT2D eigenvalue weighted by Gasteiger charge is -2.15. The summed E-state index contributed by atoms with van der Waals surface area (Å²) in [7, 11) is 0. The van der Waals surface area contributed by atoms with Gasteiger partial charge in [0.25, 0.3) is 0 Å². The van der Waals surface area contributed by atoms with Crippen LogP contribution in [0.1, 0.15) is 41.1 Å². The molecule has 0 aliphatic carbocycles. The van der Waals surface area contributed by atoms with E-state index < -0.39 is 0 Å². The van der Waals surface area contributed by atoms with Crippen LogP contribution in [-0.4, -0.2) is 4.98 Å². The predicted octanol–water partition coefficient (Wildman–Crippen LogP) is 5.24. The van der Waals surface area contributed by atoms with Crippen molar-refractivity contribution in [3.63, 3.8) is 0 Å². The molecule has 2 aromatic heterocycles. The Morgan fingerprint density at radius 3 is 2.76 bits per heavy atom. The molecule has 0 amide bonds. The number of nitrogens with zero attached hydrogens (tertiary/aromatic N) is 1. The summed E-state index contributed by atoms with van der Waals surface area (Å²) in [5, 5.41) is 3.56. The van der Waals surface area contributed by atoms with E-state index >= 15 is 0 Å². The van der Waals surface area contributed by atoms with Gasteiger partial charge in [0, 0.05) is 27.9 Å². The number of nitrogens with one attached hydrogen (secondary N) is 1. The van der Waals surface area contributed by atoms with E-state index in [1.807, 2.05) is 24.3 Å². The zero-order valence-corrected chi connectivity index (χ0v) is 13.7. The zero-order valence-electron chi connectivity index (χ0n) is 12.9. The molecule has 1 aromatic carbocycles. The van der Waals surface area contributed by atoms with Crippen LogP contribution in [-0.2, 0) is 6.42 Å². The minimum atomic E-state index is 0.282. The molecule has 3 rings (SSSR count). The minimum Gasteiger partial charge on any atom is -0.441 e. The van der Waals surface area contributed by atoms with Gasteiger partial charge in [-0.1, -0.05) is 6.92 Å². The van der Waals surface area contributed by atoms with E-state index in [0.717, 1.165) is 29.1 Å². The molecule has 1 N–H and O–H groups in total. The lowest BCUT2D eigenvalue weighted by molar-refractivity contribution is 0.538. The number of aryl methyl sites for hydroxylation is 3. The highest BCUT2D eigenvalue weighted by molar-refractivity contribution is 7.12. The Morgan fingerprint density at radius 2 is 2.10 bits per heavy atom. The summed E-state index contributed by atoms with van der Waals surface area (Å²) >= 11 is 1.85. The third kappa shape index (κ3) is 2.81. The molecule has 2 heterocycles. The van der Waals surface area contributed by atoms with Crippen molar-refractivity contribution < 1.29 is 4.42 Å². The molecule has 3 aromatic rings. The summed E-state index contributed by atoms with van der Waals surface area (Å²) in [4.78, 5) is 7.22. The molecule has 3 nitrogen and oxygen atoms in total. The van der Waals surface area contributed by atoms with Crippen molar-refractivity contribution in [2.24, 2.45) is 0 Å². The van der Waals surface area contributed by atoms with Gasteiger partial charge in [0.05, 0.1) is 0 Å². The van der Waals surface area contributed by atoms with Crippen LogP contribution in [0.2, 0.25) is 0 Å². The van der Waals surface area contributed by atoms with Crippen LogP contribution in [0.4, 0.5) is 5.69 Å². The number of fused-ring (bicyclic) bond motifs is 1. The van der Waals surface area contributed by atoms with Crippen molar-refractivity contribution in [3.05, 3.63) is 45.5 Å². The second-order valence-corrected chi connectivity index (χ2v) is 6.84. The largest absolute Gasteiger partial charge is 0.441 e. The zero-order chi connectivity index (χ0) is 15.0. The number of thiophene rings is 1. The van der Waals surface area contributed by atoms with Gasteiger partial charge in [0.15, 0.2) is 11.5 Å². The van der Waals surface area contributed by atoms with E-state index in [4.69, 9.17) is 4.42 Å². The smallest absolute Gasteiger partial charge is 0.195 e. The molecule has 110 valence electrons. The number of rotatable bonds is 4. The highest BCUT2D eigenvalue weighted by Gasteiger charge is 2.12. The quantitative estimate of drug-likeness (QED) is 0.716. The number of aromatic nitrogens is 1. The van der Waals surface area contributed by atoms with Gasteiger partial charge >= 0.3 is 0 Å². The predicted molar refractivity (Wildman–Crippen MR) is 89.2 cm³/mol. The first-order valence-corrected chi connectivity index (χ1v) is 8.11. The summed E-state index contributed by atoms with van der Waals surface area (Å²) in [6, 6.07) is 8.65. The highest BCUT2D eigenvalue weighted by atomic mass is 32.1. The minimum absolute atomic E-state index is 0.282. The van der Waals surface area contributed by atoms with E-state index in [-0.39, 0.29) is 6.04 Å². The van der Waals surface area contributed by atoms with Crippen molar-refractivity contribution in [1.29, 1.82) is 0 Å². The van der Waals surface area contributed by atoms with Gasteiger partial charge < -0.3 is 9.73 Å². The second-order valence-electron chi connectivity index (χ2n) is 5.38. The molecule has 0 bridgehead atoms. The molecule has 0 saturated heterocycles. The third-order valence-corrected chi connectivity index (χ3v) is 4.65. The van der Waals surface area contributed by atoms with Crippen LogP contribution in [0, 0.1) is 13.8 Å². The number of hydrogen-bond acceptors (Lipinski definition) is 4. The van der Waals surface area contributed by atoms with E-state index in [2.05, 4.69) is 49.3 Å². The lowest BCUT2D eigenvalue weighted by atomic mass is 10.1. The van der Waals surface area contributed by atoms with Gasteiger partial charge in [-0.15, -0.1) is 11.3 Å². The topological polar surface area (TPSA) is 38.1 Å². The van der Waals surface area contributed by atoms with Gasteiger partial charge in [-0.05, 0) is 50.6 Å². The number of benzene rings is 1. The average Bonchev–Trinajstić information content (AvgIpc) is 3.00. The SMILES string of the molecule is CCc1nc2cc(NC(C)c3cc(C)sc3C)ccc2o1. The Bertz CT molecular complexity index is 772. The molecule has 0 fully saturated rings. The van der Waals surface area contributed by atoms with Crippen molar-refractivity contribution in [2.45, 2.75) is 40.2 Å². The molecule has 0 aliphatic rings. The molecular formula is C17H20N2OS. The van der Waals surface area contributed by atoms with Crippen LogP contribution in [0.3, 0.4) is 0 Å². The monoisotopic (exact) mass is 300 g/mol. The molecule has 21 heavy (non-hydrogen) atoms. The molecule has 0 aliphatic heterocycles. The first-order chi connectivity index (χ1) is 10.1. The van der Waals surface area contributed by atoms with Crippen LogP contribution in [0.25, 0.3) is 11.1 Å². The van der Waals surface area contributed by atoms with Crippen LogP contribution < -0.4 is 5.32 Å². The molecular weight excluding hydrogens is 280 g/mol. The second kappa shape index (κ2) is 5.53. The molecule has 0 radical (unpaired) electrons. The normalized spacial score (nSPS) is 12.8. The van der Waals surface area contributed by atoms with Gasteiger partial charge in [0.2, 0.25) is 0 Å². The standard InChI is InChI=1S/C17H20N2OS/c1-5-17-19-15-9-13(6-7-16(15)20-17)18-11(3)14-8-10(2)21-12(14)4/h6-9,11,18H,5H2,1-4H3. The summed E-state index contributed by atoms with van der Waals surface area (Å²) in [6.07, 6.45) is 0.821. The average molecular weight is 300 g/mol. The fraction of sp³-hybridized carbons (Fsp3) is 0.353. The fourth-order valence-electron chi connectivity index (χ4n) is 2.62. The highest BCUT2D eigenvalue weighted by Crippen LogP contribution is 2.29. The lowest BCUT2D eigenvalue weighted by Crippen LogP contribution is -2.06. The summed E-state index contributed by atoms with van der Waals surface area (Å²) in [5.74, 6) is 0.791. The summed E-state index contributed by atoms with van der Waals surface area (Å²) < 4.78 is 5.65. The Labute approximate surface area is 129 Å². The summed E-state index contributed by atoms with van der Waals surface area (Å²) in [5.41, 5.74) is 4.22. The van der Waals surface area contributed by atoms with Crippen molar-refractivity contribution in [3.8, 4) is 0 Å². The van der Waals surface area contributed by atoms with Gasteiger partial charge in [-0.2, -0.15) is 0 Å². The molecule has 0 spiro atoms. The molecule has 4 heteroatoms. The summed E-state index contributed by atoms with van der Waals surface area (Å²) in [6.45, 7) is 8.58. The van der Waals surface area contributed by atoms with Crippen LogP contribution in [0.5, 0.6) is 0 Å². The number of hydrogen-bond donors (Lipinski definition) is 1. The number of oxazole rings is 1. The molecule has 0 saturated carbocycles. The van der Waals surface area contributed by atoms with Crippen LogP contribution in [0.15, 0.2) is 28.7 Å². The van der Waals surface area contributed by atoms with Crippen LogP contribution >= 0.6 is 11.3 Å². The Balaban J connectivity index is 1.85. The van der Waals surface area contributed by atoms with Gasteiger partial charge in [-0.3, -0.25) is 0 Å². The number of anilines is 1. The van der Waals surface area contributed by atoms with E-state index in [0.29, 0.717) is 0 Å². The first-order valence-electron chi connectivity index (χ1n) is 7.29. The maximum Gasteiger partial charge on any atom is 0.195 e. The van der Waals surface area contributed by atoms with Crippen molar-refractivity contribution >= 4 is 28.1 Å². The van der Waals surface area contributed by atoms with Gasteiger partial charge in [0.1, 0.15) is 5.52 Å². The molecule has 1 atom stereocenters. The Hall–Kier alpha value is -1.81. The molecule has 1 unspecified atom stereocenters. The van der Waals surface area contributed by atoms with E-state index in [9.17, 15) is 0 Å². The first kappa shape index (κ1) is 14.1. The van der Waals surface area contributed by atoms with E-state index in [1.54, 1.807) is 0 Å². The maximum atomic E-state index is 5.65. The Kier molecular flexibility index (Phi) is 3.72. The van der Waals surface area contributed by atoms with Crippen molar-refractivity contribution in [1.82, 2.24) is 4.98 Å². The Morgan fingerprint density at radius 1 is 1.29 bits per heavy atom.